The van der Waals surface area contributed by atoms with Crippen LogP contribution in [0.2, 0.25) is 0 Å². The van der Waals surface area contributed by atoms with Crippen LogP contribution in [0, 0.1) is 0 Å². The van der Waals surface area contributed by atoms with Crippen molar-refractivity contribution in [2.24, 2.45) is 0 Å². The fourth-order valence-corrected chi connectivity index (χ4v) is 2.72. The highest BCUT2D eigenvalue weighted by Gasteiger charge is 2.19. The summed E-state index contributed by atoms with van der Waals surface area (Å²) in [4.78, 5) is 11.9. The zero-order valence-electron chi connectivity index (χ0n) is 11.1. The third-order valence-electron chi connectivity index (χ3n) is 3.67. The average molecular weight is 283 g/mol. The molecule has 4 rings (SSSR count). The molecule has 0 fully saturated rings. The highest BCUT2D eigenvalue weighted by atomic mass is 16.5. The maximum Gasteiger partial charge on any atom is 0.339 e. The van der Waals surface area contributed by atoms with Crippen molar-refractivity contribution < 1.29 is 9.15 Å². The quantitative estimate of drug-likeness (QED) is 0.662. The number of benzene rings is 1. The number of nitrogens with zero attached hydrogens (tertiary/aromatic N) is 4. The summed E-state index contributed by atoms with van der Waals surface area (Å²) in [5.74, 6) is 0.999. The Morgan fingerprint density at radius 1 is 1.29 bits per heavy atom. The van der Waals surface area contributed by atoms with Crippen LogP contribution in [0.1, 0.15) is 23.4 Å². The van der Waals surface area contributed by atoms with Crippen LogP contribution in [-0.2, 0) is 19.4 Å². The molecular formula is C14H11N4O3-. The molecule has 106 valence electrons. The van der Waals surface area contributed by atoms with Crippen molar-refractivity contribution in [2.45, 2.75) is 25.9 Å². The Hall–Kier alpha value is -2.70. The fraction of sp³-hybridized carbons (Fsp3) is 0.286. The van der Waals surface area contributed by atoms with E-state index in [4.69, 9.17) is 9.15 Å². The van der Waals surface area contributed by atoms with Gasteiger partial charge in [0.2, 0.25) is 0 Å². The summed E-state index contributed by atoms with van der Waals surface area (Å²) in [5, 5.41) is 15.1. The number of rotatable bonds is 3. The van der Waals surface area contributed by atoms with Gasteiger partial charge in [-0.1, -0.05) is 0 Å². The van der Waals surface area contributed by atoms with Crippen LogP contribution in [0.4, 0.5) is 0 Å². The van der Waals surface area contributed by atoms with Crippen LogP contribution < -0.4 is 15.5 Å². The number of tetrazole rings is 1. The molecule has 0 atom stereocenters. The molecule has 0 saturated heterocycles. The van der Waals surface area contributed by atoms with Gasteiger partial charge in [-0.25, -0.2) is 4.79 Å². The summed E-state index contributed by atoms with van der Waals surface area (Å²) in [6.07, 6.45) is 2.74. The predicted octanol–water partition coefficient (Wildman–Crippen LogP) is 1.00. The van der Waals surface area contributed by atoms with Gasteiger partial charge in [0.1, 0.15) is 17.9 Å². The second-order valence-electron chi connectivity index (χ2n) is 4.94. The van der Waals surface area contributed by atoms with Crippen molar-refractivity contribution in [2.75, 3.05) is 0 Å². The molecule has 2 aromatic heterocycles. The van der Waals surface area contributed by atoms with Crippen molar-refractivity contribution in [1.29, 1.82) is 0 Å². The first-order valence-electron chi connectivity index (χ1n) is 6.70. The maximum atomic E-state index is 11.9. The van der Waals surface area contributed by atoms with E-state index in [-0.39, 0.29) is 12.2 Å². The van der Waals surface area contributed by atoms with E-state index in [0.717, 1.165) is 35.8 Å². The molecule has 1 aromatic carbocycles. The van der Waals surface area contributed by atoms with Crippen LogP contribution >= 0.6 is 0 Å². The first-order valence-corrected chi connectivity index (χ1v) is 6.70. The van der Waals surface area contributed by atoms with Crippen molar-refractivity contribution in [3.05, 3.63) is 45.6 Å². The molecule has 2 heterocycles. The van der Waals surface area contributed by atoms with E-state index < -0.39 is 0 Å². The van der Waals surface area contributed by atoms with Gasteiger partial charge in [0.25, 0.3) is 0 Å². The Labute approximate surface area is 118 Å². The minimum Gasteiger partial charge on any atom is -0.488 e. The minimum absolute atomic E-state index is 0.174. The first-order chi connectivity index (χ1) is 10.3. The number of fused-ring (bicyclic) bond motifs is 3. The second kappa shape index (κ2) is 4.69. The lowest BCUT2D eigenvalue weighted by Gasteiger charge is -2.08. The summed E-state index contributed by atoms with van der Waals surface area (Å²) >= 11 is 0. The molecule has 21 heavy (non-hydrogen) atoms. The van der Waals surface area contributed by atoms with E-state index in [1.54, 1.807) is 6.07 Å². The maximum absolute atomic E-state index is 11.9. The Kier molecular flexibility index (Phi) is 2.70. The molecule has 0 N–H and O–H groups in total. The Morgan fingerprint density at radius 3 is 3.05 bits per heavy atom. The van der Waals surface area contributed by atoms with Crippen molar-refractivity contribution in [1.82, 2.24) is 20.6 Å². The number of aryl methyl sites for hydroxylation is 1. The Balaban J connectivity index is 1.70. The van der Waals surface area contributed by atoms with Gasteiger partial charge >= 0.3 is 5.63 Å². The molecule has 0 bridgehead atoms. The van der Waals surface area contributed by atoms with Gasteiger partial charge in [-0.3, -0.25) is 10.3 Å². The van der Waals surface area contributed by atoms with E-state index in [1.807, 2.05) is 12.1 Å². The van der Waals surface area contributed by atoms with Gasteiger partial charge in [0.15, 0.2) is 0 Å². The summed E-state index contributed by atoms with van der Waals surface area (Å²) < 4.78 is 10.9. The molecule has 0 aliphatic heterocycles. The van der Waals surface area contributed by atoms with Crippen LogP contribution in [0.25, 0.3) is 11.0 Å². The molecule has 0 amide bonds. The normalized spacial score (nSPS) is 13.5. The molecule has 7 nitrogen and oxygen atoms in total. The van der Waals surface area contributed by atoms with Gasteiger partial charge in [0, 0.05) is 22.8 Å². The van der Waals surface area contributed by atoms with E-state index in [0.29, 0.717) is 17.2 Å². The standard InChI is InChI=1S/C14H11N4O3/c19-14-11-3-1-2-9(11)10-5-4-8(6-12(10)21-14)20-7-13-15-17-18-16-13/h4-6H,1-3,7H2/q-1. The fourth-order valence-electron chi connectivity index (χ4n) is 2.72. The third kappa shape index (κ3) is 2.06. The lowest BCUT2D eigenvalue weighted by Crippen LogP contribution is -2.07. The van der Waals surface area contributed by atoms with Crippen molar-refractivity contribution >= 4 is 11.0 Å². The zero-order valence-corrected chi connectivity index (χ0v) is 11.1. The van der Waals surface area contributed by atoms with Gasteiger partial charge in [-0.2, -0.15) is 5.21 Å². The van der Waals surface area contributed by atoms with Crippen LogP contribution in [0.3, 0.4) is 0 Å². The first kappa shape index (κ1) is 12.1. The predicted molar refractivity (Wildman–Crippen MR) is 72.0 cm³/mol. The molecule has 1 aliphatic rings. The Bertz CT molecular complexity index is 855. The minimum atomic E-state index is -0.236. The van der Waals surface area contributed by atoms with Crippen molar-refractivity contribution in [3.63, 3.8) is 0 Å². The zero-order chi connectivity index (χ0) is 14.2. The monoisotopic (exact) mass is 283 g/mol. The van der Waals surface area contributed by atoms with Gasteiger partial charge in [0.05, 0.1) is 0 Å². The smallest absolute Gasteiger partial charge is 0.339 e. The van der Waals surface area contributed by atoms with E-state index in [1.165, 1.54) is 0 Å². The van der Waals surface area contributed by atoms with Crippen LogP contribution in [0.5, 0.6) is 5.75 Å². The van der Waals surface area contributed by atoms with Gasteiger partial charge < -0.3 is 14.3 Å². The number of hydrogen-bond donors (Lipinski definition) is 0. The van der Waals surface area contributed by atoms with Crippen molar-refractivity contribution in [3.8, 4) is 5.75 Å². The largest absolute Gasteiger partial charge is 0.488 e. The van der Waals surface area contributed by atoms with Crippen LogP contribution in [-0.4, -0.2) is 15.5 Å². The summed E-state index contributed by atoms with van der Waals surface area (Å²) in [6.45, 7) is 0.174. The topological polar surface area (TPSA) is 92.2 Å². The molecule has 0 radical (unpaired) electrons. The third-order valence-corrected chi connectivity index (χ3v) is 3.67. The number of hydrogen-bond acceptors (Lipinski definition) is 6. The second-order valence-corrected chi connectivity index (χ2v) is 4.94. The average Bonchev–Trinajstić information content (AvgIpc) is 3.16. The van der Waals surface area contributed by atoms with Crippen LogP contribution in [0.15, 0.2) is 27.4 Å². The lowest BCUT2D eigenvalue weighted by molar-refractivity contribution is 0.295. The van der Waals surface area contributed by atoms with E-state index in [2.05, 4.69) is 20.6 Å². The highest BCUT2D eigenvalue weighted by molar-refractivity contribution is 5.83. The lowest BCUT2D eigenvalue weighted by atomic mass is 10.1. The molecular weight excluding hydrogens is 272 g/mol. The Morgan fingerprint density at radius 2 is 2.19 bits per heavy atom. The van der Waals surface area contributed by atoms with E-state index >= 15 is 0 Å². The van der Waals surface area contributed by atoms with Gasteiger partial charge in [-0.15, -0.1) is 0 Å². The molecule has 1 aliphatic carbocycles. The molecule has 0 saturated carbocycles. The SMILES string of the molecule is O=c1oc2cc(OCc3nnn[n-]3)ccc2c2c1CCC2. The van der Waals surface area contributed by atoms with Gasteiger partial charge in [-0.05, 0) is 37.0 Å². The van der Waals surface area contributed by atoms with E-state index in [9.17, 15) is 4.79 Å². The molecule has 0 unspecified atom stereocenters. The summed E-state index contributed by atoms with van der Waals surface area (Å²) in [5.41, 5.74) is 2.25. The molecule has 0 spiro atoms. The summed E-state index contributed by atoms with van der Waals surface area (Å²) in [6, 6.07) is 5.50. The highest BCUT2D eigenvalue weighted by Crippen LogP contribution is 2.29. The number of ether oxygens (including phenoxy) is 1. The molecule has 3 aromatic rings. The summed E-state index contributed by atoms with van der Waals surface area (Å²) in [7, 11) is 0. The number of aromatic nitrogens is 4. The molecule has 7 heteroatoms.